The van der Waals surface area contributed by atoms with E-state index in [9.17, 15) is 5.26 Å². The number of nitriles is 1. The molecular formula is C16H17N3O2. The normalized spacial score (nSPS) is 15.0. The molecule has 1 aliphatic rings. The highest BCUT2D eigenvalue weighted by Gasteiger charge is 2.22. The lowest BCUT2D eigenvalue weighted by Crippen LogP contribution is -2.18. The van der Waals surface area contributed by atoms with Gasteiger partial charge in [0.1, 0.15) is 11.9 Å². The molecule has 1 saturated heterocycles. The van der Waals surface area contributed by atoms with Crippen LogP contribution >= 0.6 is 0 Å². The molecule has 1 N–H and O–H groups in total. The molecule has 0 spiro atoms. The van der Waals surface area contributed by atoms with Gasteiger partial charge in [-0.25, -0.2) is 0 Å². The van der Waals surface area contributed by atoms with Crippen LogP contribution in [0.5, 0.6) is 0 Å². The number of H-pyrrole nitrogens is 1. The van der Waals surface area contributed by atoms with Crippen molar-refractivity contribution in [3.8, 4) is 17.3 Å². The lowest BCUT2D eigenvalue weighted by Gasteiger charge is -2.15. The first-order valence-electron chi connectivity index (χ1n) is 7.14. The Morgan fingerprint density at radius 3 is 2.62 bits per heavy atom. The molecule has 108 valence electrons. The van der Waals surface area contributed by atoms with Gasteiger partial charge in [-0.05, 0) is 43.5 Å². The molecule has 3 aromatic rings. The molecule has 0 atom stereocenters. The highest BCUT2D eigenvalue weighted by molar-refractivity contribution is 5.81. The molecular weight excluding hydrogens is 266 g/mol. The van der Waals surface area contributed by atoms with Crippen LogP contribution in [0, 0.1) is 18.3 Å². The lowest BCUT2D eigenvalue weighted by molar-refractivity contribution is 0.0590. The van der Waals surface area contributed by atoms with E-state index >= 15 is 0 Å². The van der Waals surface area contributed by atoms with Gasteiger partial charge in [0, 0.05) is 20.1 Å². The van der Waals surface area contributed by atoms with E-state index in [2.05, 4.69) is 16.0 Å². The van der Waals surface area contributed by atoms with Crippen LogP contribution in [0.15, 0.2) is 27.4 Å². The number of benzene rings is 1. The molecule has 1 aliphatic heterocycles. The number of aromatic amines is 1. The third-order valence-electron chi connectivity index (χ3n) is 4.22. The summed E-state index contributed by atoms with van der Waals surface area (Å²) in [4.78, 5) is 5.70. The van der Waals surface area contributed by atoms with E-state index in [1.807, 2.05) is 25.1 Å². The number of nitrogens with one attached hydrogen (secondary N) is 1. The molecule has 0 amide bonds. The number of hydrogen-bond donors (Lipinski definition) is 1. The Hall–Kier alpha value is -2.61. The Balaban J connectivity index is 0.00000144. The summed E-state index contributed by atoms with van der Waals surface area (Å²) < 4.78 is 9.81. The average Bonchev–Trinajstić information content (AvgIpc) is 3.08. The lowest BCUT2D eigenvalue weighted by atomic mass is 10.1. The quantitative estimate of drug-likeness (QED) is 0.720. The van der Waals surface area contributed by atoms with Gasteiger partial charge in [0.05, 0.1) is 11.3 Å². The number of hydrogen-bond acceptors (Lipinski definition) is 4. The van der Waals surface area contributed by atoms with Crippen molar-refractivity contribution in [1.82, 2.24) is 4.98 Å². The standard InChI is InChI=1S/C16H15N3O2.H2/c1-10-12(9-17)16(19-6-2-3-7-19)18-15(10)11-4-5-13-14(8-11)21-20-13;/h4-5,8,18H,2-3,6-7H2,1H3;1H. The number of anilines is 1. The molecule has 2 aromatic heterocycles. The highest BCUT2D eigenvalue weighted by Crippen LogP contribution is 2.35. The SMILES string of the molecule is Cc1c(-c2ccc3ooc3c2)[nH]c(N2CCCC2)c1C#N.[HH]. The second kappa shape index (κ2) is 4.45. The van der Waals surface area contributed by atoms with E-state index in [4.69, 9.17) is 9.15 Å². The first-order chi connectivity index (χ1) is 10.3. The first-order valence-corrected chi connectivity index (χ1v) is 7.14. The Kier molecular flexibility index (Phi) is 2.58. The second-order valence-corrected chi connectivity index (χ2v) is 5.48. The third-order valence-corrected chi connectivity index (χ3v) is 4.22. The molecule has 5 nitrogen and oxygen atoms in total. The van der Waals surface area contributed by atoms with Crippen LogP contribution in [0.3, 0.4) is 0 Å². The fourth-order valence-corrected chi connectivity index (χ4v) is 3.03. The van der Waals surface area contributed by atoms with E-state index < -0.39 is 0 Å². The minimum absolute atomic E-state index is 0. The minimum Gasteiger partial charge on any atom is -0.357 e. The van der Waals surface area contributed by atoms with Gasteiger partial charge in [0.25, 0.3) is 0 Å². The number of rotatable bonds is 2. The molecule has 0 saturated carbocycles. The average molecular weight is 283 g/mol. The Bertz CT molecular complexity index is 847. The molecule has 5 heteroatoms. The Morgan fingerprint density at radius 2 is 2.00 bits per heavy atom. The van der Waals surface area contributed by atoms with Crippen molar-refractivity contribution < 1.29 is 10.6 Å². The van der Waals surface area contributed by atoms with Crippen LogP contribution in [-0.4, -0.2) is 18.1 Å². The summed E-state index contributed by atoms with van der Waals surface area (Å²) in [6.07, 6.45) is 2.37. The molecule has 1 aromatic carbocycles. The molecule has 0 bridgehead atoms. The predicted molar refractivity (Wildman–Crippen MR) is 81.3 cm³/mol. The summed E-state index contributed by atoms with van der Waals surface area (Å²) in [5.41, 5.74) is 5.21. The van der Waals surface area contributed by atoms with E-state index in [1.165, 1.54) is 12.8 Å². The zero-order valence-corrected chi connectivity index (χ0v) is 11.8. The maximum absolute atomic E-state index is 9.49. The van der Waals surface area contributed by atoms with Crippen molar-refractivity contribution >= 4 is 17.0 Å². The third kappa shape index (κ3) is 1.76. The van der Waals surface area contributed by atoms with Gasteiger partial charge in [-0.1, -0.05) is 0 Å². The zero-order valence-electron chi connectivity index (χ0n) is 11.8. The Labute approximate surface area is 123 Å². The second-order valence-electron chi connectivity index (χ2n) is 5.48. The summed E-state index contributed by atoms with van der Waals surface area (Å²) in [6.45, 7) is 4.01. The van der Waals surface area contributed by atoms with Crippen LogP contribution in [-0.2, 0) is 0 Å². The maximum Gasteiger partial charge on any atom is 0.226 e. The van der Waals surface area contributed by atoms with Gasteiger partial charge in [-0.3, -0.25) is 9.15 Å². The topological polar surface area (TPSA) is 69.1 Å². The summed E-state index contributed by atoms with van der Waals surface area (Å²) in [5, 5.41) is 9.49. The fourth-order valence-electron chi connectivity index (χ4n) is 3.03. The summed E-state index contributed by atoms with van der Waals surface area (Å²) >= 11 is 0. The zero-order chi connectivity index (χ0) is 14.4. The maximum atomic E-state index is 9.49. The van der Waals surface area contributed by atoms with Crippen molar-refractivity contribution in [2.45, 2.75) is 19.8 Å². The van der Waals surface area contributed by atoms with Crippen molar-refractivity contribution in [3.05, 3.63) is 29.3 Å². The van der Waals surface area contributed by atoms with Crippen molar-refractivity contribution in [2.75, 3.05) is 18.0 Å². The summed E-state index contributed by atoms with van der Waals surface area (Å²) in [6, 6.07) is 8.15. The smallest absolute Gasteiger partial charge is 0.226 e. The largest absolute Gasteiger partial charge is 0.357 e. The summed E-state index contributed by atoms with van der Waals surface area (Å²) in [5.74, 6) is 0.947. The molecule has 3 heterocycles. The van der Waals surface area contributed by atoms with Gasteiger partial charge in [0.15, 0.2) is 0 Å². The van der Waals surface area contributed by atoms with Crippen molar-refractivity contribution in [3.63, 3.8) is 0 Å². The number of fused-ring (bicyclic) bond motifs is 1. The van der Waals surface area contributed by atoms with Crippen LogP contribution in [0.2, 0.25) is 0 Å². The van der Waals surface area contributed by atoms with Crippen LogP contribution in [0.25, 0.3) is 22.4 Å². The van der Waals surface area contributed by atoms with Crippen LogP contribution in [0.4, 0.5) is 5.82 Å². The fraction of sp³-hybridized carbons (Fsp3) is 0.312. The van der Waals surface area contributed by atoms with E-state index in [-0.39, 0.29) is 1.43 Å². The Morgan fingerprint density at radius 1 is 1.24 bits per heavy atom. The molecule has 0 unspecified atom stereocenters. The van der Waals surface area contributed by atoms with E-state index in [1.54, 1.807) is 0 Å². The first kappa shape index (κ1) is 12.2. The molecule has 1 fully saturated rings. The van der Waals surface area contributed by atoms with Gasteiger partial charge in [-0.2, -0.15) is 5.26 Å². The van der Waals surface area contributed by atoms with E-state index in [0.717, 1.165) is 52.5 Å². The van der Waals surface area contributed by atoms with Crippen molar-refractivity contribution in [2.24, 2.45) is 0 Å². The van der Waals surface area contributed by atoms with Gasteiger partial charge >= 0.3 is 0 Å². The van der Waals surface area contributed by atoms with Crippen LogP contribution in [0.1, 0.15) is 25.4 Å². The molecule has 0 radical (unpaired) electrons. The van der Waals surface area contributed by atoms with E-state index in [0.29, 0.717) is 0 Å². The molecule has 4 rings (SSSR count). The summed E-state index contributed by atoms with van der Waals surface area (Å²) in [7, 11) is 0. The predicted octanol–water partition coefficient (Wildman–Crippen LogP) is 4.05. The van der Waals surface area contributed by atoms with Crippen LogP contribution < -0.4 is 4.90 Å². The van der Waals surface area contributed by atoms with Crippen molar-refractivity contribution in [1.29, 1.82) is 5.26 Å². The van der Waals surface area contributed by atoms with Gasteiger partial charge in [-0.15, -0.1) is 0 Å². The minimum atomic E-state index is 0. The molecule has 21 heavy (non-hydrogen) atoms. The number of aromatic nitrogens is 1. The van der Waals surface area contributed by atoms with Gasteiger partial charge in [0.2, 0.25) is 11.2 Å². The van der Waals surface area contributed by atoms with Gasteiger partial charge < -0.3 is 9.88 Å². The molecule has 0 aliphatic carbocycles. The monoisotopic (exact) mass is 283 g/mol. The highest BCUT2D eigenvalue weighted by atomic mass is 17.0. The number of nitrogens with zero attached hydrogens (tertiary/aromatic N) is 2.